The van der Waals surface area contributed by atoms with Crippen LogP contribution in [0.15, 0.2) is 0 Å². The SMILES string of the molecule is CC(C)COC(=O)NC(CC(C)C)C(=O)N[C@H]1CCOC1O. The van der Waals surface area contributed by atoms with E-state index in [1.807, 2.05) is 27.7 Å². The second-order valence-electron chi connectivity index (χ2n) is 6.48. The normalized spacial score (nSPS) is 22.7. The van der Waals surface area contributed by atoms with E-state index in [2.05, 4.69) is 10.6 Å². The molecule has 0 radical (unpaired) electrons. The summed E-state index contributed by atoms with van der Waals surface area (Å²) in [6, 6.07) is -1.12. The Kier molecular flexibility index (Phi) is 7.61. The van der Waals surface area contributed by atoms with Gasteiger partial charge in [-0.2, -0.15) is 0 Å². The highest BCUT2D eigenvalue weighted by Gasteiger charge is 2.31. The van der Waals surface area contributed by atoms with E-state index >= 15 is 0 Å². The third-order valence-electron chi connectivity index (χ3n) is 3.25. The van der Waals surface area contributed by atoms with Gasteiger partial charge >= 0.3 is 6.09 Å². The molecule has 0 aromatic rings. The number of rotatable bonds is 7. The van der Waals surface area contributed by atoms with E-state index in [0.717, 1.165) is 0 Å². The van der Waals surface area contributed by atoms with Crippen LogP contribution >= 0.6 is 0 Å². The molecule has 1 rings (SSSR count). The molecule has 0 aromatic carbocycles. The molecule has 1 saturated heterocycles. The average molecular weight is 316 g/mol. The van der Waals surface area contributed by atoms with Gasteiger partial charge in [-0.05, 0) is 24.7 Å². The Labute approximate surface area is 131 Å². The number of hydrogen-bond donors (Lipinski definition) is 3. The molecular weight excluding hydrogens is 288 g/mol. The molecule has 1 heterocycles. The summed E-state index contributed by atoms with van der Waals surface area (Å²) in [7, 11) is 0. The van der Waals surface area contributed by atoms with Crippen molar-refractivity contribution in [3.8, 4) is 0 Å². The Morgan fingerprint density at radius 1 is 1.27 bits per heavy atom. The number of amides is 2. The van der Waals surface area contributed by atoms with Gasteiger partial charge in [-0.25, -0.2) is 4.79 Å². The Morgan fingerprint density at radius 3 is 2.45 bits per heavy atom. The van der Waals surface area contributed by atoms with Crippen molar-refractivity contribution in [2.24, 2.45) is 11.8 Å². The van der Waals surface area contributed by atoms with E-state index in [-0.39, 0.29) is 17.7 Å². The molecule has 0 saturated carbocycles. The summed E-state index contributed by atoms with van der Waals surface area (Å²) in [5.74, 6) is 0.129. The minimum absolute atomic E-state index is 0.228. The molecule has 0 aromatic heterocycles. The van der Waals surface area contributed by atoms with E-state index < -0.39 is 24.5 Å². The summed E-state index contributed by atoms with van der Waals surface area (Å²) >= 11 is 0. The standard InChI is InChI=1S/C15H28N2O5/c1-9(2)7-12(17-15(20)22-8-10(3)4)13(18)16-11-5-6-21-14(11)19/h9-12,14,19H,5-8H2,1-4H3,(H,16,18)(H,17,20)/t11-,12?,14?/m0/s1. The molecule has 0 spiro atoms. The van der Waals surface area contributed by atoms with Crippen LogP contribution < -0.4 is 10.6 Å². The van der Waals surface area contributed by atoms with Gasteiger partial charge in [-0.3, -0.25) is 4.79 Å². The zero-order chi connectivity index (χ0) is 16.7. The number of ether oxygens (including phenoxy) is 2. The molecule has 3 atom stereocenters. The summed E-state index contributed by atoms with van der Waals surface area (Å²) in [4.78, 5) is 24.1. The van der Waals surface area contributed by atoms with Crippen molar-refractivity contribution in [3.05, 3.63) is 0 Å². The minimum Gasteiger partial charge on any atom is -0.449 e. The molecule has 128 valence electrons. The molecule has 0 aliphatic carbocycles. The molecule has 22 heavy (non-hydrogen) atoms. The number of alkyl carbamates (subject to hydrolysis) is 1. The van der Waals surface area contributed by atoms with Crippen molar-refractivity contribution in [2.75, 3.05) is 13.2 Å². The first-order chi connectivity index (χ1) is 10.3. The van der Waals surface area contributed by atoms with Crippen molar-refractivity contribution >= 4 is 12.0 Å². The molecule has 3 N–H and O–H groups in total. The maximum Gasteiger partial charge on any atom is 0.407 e. The lowest BCUT2D eigenvalue weighted by Gasteiger charge is -2.23. The minimum atomic E-state index is -0.989. The lowest BCUT2D eigenvalue weighted by atomic mass is 10.0. The maximum atomic E-state index is 12.3. The average Bonchev–Trinajstić information content (AvgIpc) is 2.80. The number of carbonyl (C=O) groups is 2. The summed E-state index contributed by atoms with van der Waals surface area (Å²) in [5.41, 5.74) is 0. The summed E-state index contributed by atoms with van der Waals surface area (Å²) in [6.07, 6.45) is -0.542. The summed E-state index contributed by atoms with van der Waals surface area (Å²) < 4.78 is 10.1. The highest BCUT2D eigenvalue weighted by Crippen LogP contribution is 2.12. The Balaban J connectivity index is 2.54. The van der Waals surface area contributed by atoms with Gasteiger partial charge in [-0.1, -0.05) is 27.7 Å². The van der Waals surface area contributed by atoms with Crippen LogP contribution in [0.4, 0.5) is 4.79 Å². The van der Waals surface area contributed by atoms with E-state index in [9.17, 15) is 14.7 Å². The molecule has 2 unspecified atom stereocenters. The van der Waals surface area contributed by atoms with Crippen LogP contribution in [-0.4, -0.2) is 48.7 Å². The van der Waals surface area contributed by atoms with Crippen LogP contribution in [0.25, 0.3) is 0 Å². The Hall–Kier alpha value is -1.34. The second kappa shape index (κ2) is 8.95. The van der Waals surface area contributed by atoms with Crippen molar-refractivity contribution in [1.82, 2.24) is 10.6 Å². The Morgan fingerprint density at radius 2 is 1.95 bits per heavy atom. The largest absolute Gasteiger partial charge is 0.449 e. The topological polar surface area (TPSA) is 96.9 Å². The van der Waals surface area contributed by atoms with Crippen LogP contribution in [-0.2, 0) is 14.3 Å². The van der Waals surface area contributed by atoms with E-state index in [0.29, 0.717) is 26.1 Å². The number of nitrogens with one attached hydrogen (secondary N) is 2. The molecular formula is C15H28N2O5. The third-order valence-corrected chi connectivity index (χ3v) is 3.25. The van der Waals surface area contributed by atoms with E-state index in [1.54, 1.807) is 0 Å². The highest BCUT2D eigenvalue weighted by atomic mass is 16.6. The molecule has 1 aliphatic heterocycles. The predicted molar refractivity (Wildman–Crippen MR) is 81.1 cm³/mol. The summed E-state index contributed by atoms with van der Waals surface area (Å²) in [5, 5.41) is 14.9. The lowest BCUT2D eigenvalue weighted by Crippen LogP contribution is -2.52. The van der Waals surface area contributed by atoms with E-state index in [1.165, 1.54) is 0 Å². The van der Waals surface area contributed by atoms with Crippen LogP contribution in [0.5, 0.6) is 0 Å². The molecule has 7 nitrogen and oxygen atoms in total. The van der Waals surface area contributed by atoms with Gasteiger partial charge in [0.05, 0.1) is 19.3 Å². The first kappa shape index (κ1) is 18.7. The molecule has 1 aliphatic rings. The maximum absolute atomic E-state index is 12.3. The van der Waals surface area contributed by atoms with Crippen molar-refractivity contribution in [3.63, 3.8) is 0 Å². The smallest absolute Gasteiger partial charge is 0.407 e. The fourth-order valence-corrected chi connectivity index (χ4v) is 2.13. The monoisotopic (exact) mass is 316 g/mol. The van der Waals surface area contributed by atoms with Gasteiger partial charge in [0.1, 0.15) is 6.04 Å². The van der Waals surface area contributed by atoms with E-state index in [4.69, 9.17) is 9.47 Å². The molecule has 1 fully saturated rings. The Bertz CT molecular complexity index is 373. The first-order valence-electron chi connectivity index (χ1n) is 7.83. The van der Waals surface area contributed by atoms with Gasteiger partial charge in [0.15, 0.2) is 6.29 Å². The number of carbonyl (C=O) groups excluding carboxylic acids is 2. The lowest BCUT2D eigenvalue weighted by molar-refractivity contribution is -0.127. The quantitative estimate of drug-likeness (QED) is 0.651. The van der Waals surface area contributed by atoms with Crippen LogP contribution in [0, 0.1) is 11.8 Å². The second-order valence-corrected chi connectivity index (χ2v) is 6.48. The molecule has 0 bridgehead atoms. The molecule has 7 heteroatoms. The molecule has 2 amide bonds. The van der Waals surface area contributed by atoms with Gasteiger partial charge in [-0.15, -0.1) is 0 Å². The zero-order valence-corrected chi connectivity index (χ0v) is 13.8. The van der Waals surface area contributed by atoms with Crippen molar-refractivity contribution < 1.29 is 24.2 Å². The van der Waals surface area contributed by atoms with Crippen LogP contribution in [0.1, 0.15) is 40.5 Å². The van der Waals surface area contributed by atoms with Crippen molar-refractivity contribution in [1.29, 1.82) is 0 Å². The predicted octanol–water partition coefficient (Wildman–Crippen LogP) is 1.01. The van der Waals surface area contributed by atoms with Gasteiger partial charge in [0, 0.05) is 0 Å². The fourth-order valence-electron chi connectivity index (χ4n) is 2.13. The summed E-state index contributed by atoms with van der Waals surface area (Å²) in [6.45, 7) is 8.52. The van der Waals surface area contributed by atoms with Gasteiger partial charge in [0.2, 0.25) is 5.91 Å². The first-order valence-corrected chi connectivity index (χ1v) is 7.83. The van der Waals surface area contributed by atoms with Gasteiger partial charge < -0.3 is 25.2 Å². The van der Waals surface area contributed by atoms with Crippen molar-refractivity contribution in [2.45, 2.75) is 58.9 Å². The number of hydrogen-bond acceptors (Lipinski definition) is 5. The number of aliphatic hydroxyl groups excluding tert-OH is 1. The number of aliphatic hydroxyl groups is 1. The third kappa shape index (κ3) is 6.62. The van der Waals surface area contributed by atoms with Crippen LogP contribution in [0.3, 0.4) is 0 Å². The fraction of sp³-hybridized carbons (Fsp3) is 0.867. The van der Waals surface area contributed by atoms with Crippen LogP contribution in [0.2, 0.25) is 0 Å². The zero-order valence-electron chi connectivity index (χ0n) is 13.8. The highest BCUT2D eigenvalue weighted by molar-refractivity contribution is 5.85. The van der Waals surface area contributed by atoms with Gasteiger partial charge in [0.25, 0.3) is 0 Å².